The van der Waals surface area contributed by atoms with Crippen molar-refractivity contribution < 1.29 is 19.1 Å². The van der Waals surface area contributed by atoms with E-state index in [2.05, 4.69) is 5.32 Å². The summed E-state index contributed by atoms with van der Waals surface area (Å²) in [6.07, 6.45) is 0. The maximum absolute atomic E-state index is 11.8. The Bertz CT molecular complexity index is 556. The zero-order chi connectivity index (χ0) is 14.7. The quantitative estimate of drug-likeness (QED) is 0.861. The first-order chi connectivity index (χ1) is 9.50. The number of carbonyl (C=O) groups excluding carboxylic acids is 3. The number of amides is 3. The van der Waals surface area contributed by atoms with Gasteiger partial charge in [0.25, 0.3) is 5.91 Å². The van der Waals surface area contributed by atoms with Crippen LogP contribution in [0.5, 0.6) is 0 Å². The van der Waals surface area contributed by atoms with Gasteiger partial charge < -0.3 is 10.1 Å². The summed E-state index contributed by atoms with van der Waals surface area (Å²) < 4.78 is 4.83. The topological polar surface area (TPSA) is 75.7 Å². The first kappa shape index (κ1) is 14.6. The number of nitrogens with zero attached hydrogens (tertiary/aromatic N) is 1. The number of esters is 1. The average molecular weight is 317 g/mol. The van der Waals surface area contributed by atoms with Crippen LogP contribution in [0.15, 0.2) is 18.2 Å². The van der Waals surface area contributed by atoms with Gasteiger partial charge in [-0.15, -0.1) is 0 Å². The zero-order valence-electron chi connectivity index (χ0n) is 10.2. The number of rotatable bonds is 3. The van der Waals surface area contributed by atoms with Crippen molar-refractivity contribution in [3.8, 4) is 0 Å². The maximum atomic E-state index is 11.8. The Morgan fingerprint density at radius 2 is 1.95 bits per heavy atom. The molecule has 6 nitrogen and oxygen atoms in total. The third-order valence-electron chi connectivity index (χ3n) is 2.65. The Morgan fingerprint density at radius 3 is 2.50 bits per heavy atom. The van der Waals surface area contributed by atoms with Crippen LogP contribution in [0.4, 0.5) is 4.79 Å². The summed E-state index contributed by atoms with van der Waals surface area (Å²) in [4.78, 5) is 35.7. The van der Waals surface area contributed by atoms with E-state index in [1.807, 2.05) is 0 Å². The van der Waals surface area contributed by atoms with Crippen molar-refractivity contribution in [2.45, 2.75) is 0 Å². The molecule has 2 rings (SSSR count). The van der Waals surface area contributed by atoms with Gasteiger partial charge in [-0.25, -0.2) is 9.59 Å². The number of nitrogens with one attached hydrogen (secondary N) is 1. The lowest BCUT2D eigenvalue weighted by atomic mass is 10.2. The minimum absolute atomic E-state index is 0.00509. The molecule has 0 spiro atoms. The predicted octanol–water partition coefficient (Wildman–Crippen LogP) is 1.70. The molecule has 0 aliphatic carbocycles. The summed E-state index contributed by atoms with van der Waals surface area (Å²) in [5, 5.41) is 2.74. The lowest BCUT2D eigenvalue weighted by Gasteiger charge is -2.12. The molecule has 0 aromatic heterocycles. The molecule has 0 radical (unpaired) electrons. The number of halogens is 2. The number of hydrogen-bond acceptors (Lipinski definition) is 4. The van der Waals surface area contributed by atoms with E-state index < -0.39 is 24.5 Å². The second-order valence-electron chi connectivity index (χ2n) is 3.95. The molecule has 1 aliphatic heterocycles. The summed E-state index contributed by atoms with van der Waals surface area (Å²) >= 11 is 11.7. The normalized spacial score (nSPS) is 14.1. The Kier molecular flexibility index (Phi) is 4.46. The van der Waals surface area contributed by atoms with E-state index in [1.165, 1.54) is 12.1 Å². The van der Waals surface area contributed by atoms with Gasteiger partial charge in [0, 0.05) is 13.1 Å². The van der Waals surface area contributed by atoms with Gasteiger partial charge in [0.1, 0.15) is 0 Å². The van der Waals surface area contributed by atoms with Crippen molar-refractivity contribution in [3.05, 3.63) is 33.8 Å². The van der Waals surface area contributed by atoms with Gasteiger partial charge in [0.15, 0.2) is 6.61 Å². The fraction of sp³-hybridized carbons (Fsp3) is 0.250. The highest BCUT2D eigenvalue weighted by Gasteiger charge is 2.27. The van der Waals surface area contributed by atoms with Gasteiger partial charge in [-0.2, -0.15) is 0 Å². The molecular formula is C12H10Cl2N2O4. The smallest absolute Gasteiger partial charge is 0.341 e. The highest BCUT2D eigenvalue weighted by Crippen LogP contribution is 2.24. The van der Waals surface area contributed by atoms with Crippen molar-refractivity contribution in [3.63, 3.8) is 0 Å². The van der Waals surface area contributed by atoms with Crippen LogP contribution in [0.2, 0.25) is 10.0 Å². The first-order valence-corrected chi connectivity index (χ1v) is 6.45. The number of ether oxygens (including phenoxy) is 1. The van der Waals surface area contributed by atoms with Crippen molar-refractivity contribution in [2.75, 3.05) is 19.7 Å². The van der Waals surface area contributed by atoms with Gasteiger partial charge >= 0.3 is 12.0 Å². The second kappa shape index (κ2) is 6.11. The summed E-state index contributed by atoms with van der Waals surface area (Å²) in [6, 6.07) is 4.06. The van der Waals surface area contributed by atoms with Crippen LogP contribution < -0.4 is 5.32 Å². The molecule has 1 aliphatic rings. The van der Waals surface area contributed by atoms with E-state index in [9.17, 15) is 14.4 Å². The van der Waals surface area contributed by atoms with Crippen LogP contribution in [0.25, 0.3) is 0 Å². The zero-order valence-corrected chi connectivity index (χ0v) is 11.7. The van der Waals surface area contributed by atoms with Gasteiger partial charge in [0.2, 0.25) is 0 Å². The molecule has 3 amide bonds. The number of urea groups is 1. The lowest BCUT2D eigenvalue weighted by molar-refractivity contribution is -0.130. The minimum atomic E-state index is -0.812. The van der Waals surface area contributed by atoms with Crippen molar-refractivity contribution >= 4 is 41.1 Å². The number of hydrogen-bond donors (Lipinski definition) is 1. The van der Waals surface area contributed by atoms with E-state index in [4.69, 9.17) is 27.9 Å². The van der Waals surface area contributed by atoms with Crippen LogP contribution in [0.3, 0.4) is 0 Å². The molecule has 1 aromatic rings. The highest BCUT2D eigenvalue weighted by molar-refractivity contribution is 6.39. The van der Waals surface area contributed by atoms with Crippen LogP contribution in [-0.2, 0) is 9.53 Å². The van der Waals surface area contributed by atoms with E-state index in [0.717, 1.165) is 4.90 Å². The third-order valence-corrected chi connectivity index (χ3v) is 3.28. The molecule has 1 N–H and O–H groups in total. The van der Waals surface area contributed by atoms with E-state index >= 15 is 0 Å². The molecule has 1 saturated heterocycles. The fourth-order valence-electron chi connectivity index (χ4n) is 1.68. The SMILES string of the molecule is O=C(OCC(=O)N1CCNC1=O)c1c(Cl)cccc1Cl. The monoisotopic (exact) mass is 316 g/mol. The second-order valence-corrected chi connectivity index (χ2v) is 4.76. The Hall–Kier alpha value is -1.79. The maximum Gasteiger partial charge on any atom is 0.341 e. The Morgan fingerprint density at radius 1 is 1.30 bits per heavy atom. The van der Waals surface area contributed by atoms with Crippen LogP contribution in [-0.4, -0.2) is 42.5 Å². The van der Waals surface area contributed by atoms with E-state index in [0.29, 0.717) is 6.54 Å². The average Bonchev–Trinajstić information content (AvgIpc) is 2.82. The third kappa shape index (κ3) is 3.02. The largest absolute Gasteiger partial charge is 0.452 e. The standard InChI is InChI=1S/C12H10Cl2N2O4/c13-7-2-1-3-8(14)10(7)11(18)20-6-9(17)16-5-4-15-12(16)19/h1-3H,4-6H2,(H,15,19). The first-order valence-electron chi connectivity index (χ1n) is 5.70. The molecule has 8 heteroatoms. The number of imide groups is 1. The molecule has 106 valence electrons. The van der Waals surface area contributed by atoms with E-state index in [-0.39, 0.29) is 22.2 Å². The molecule has 0 unspecified atom stereocenters. The summed E-state index contributed by atoms with van der Waals surface area (Å²) in [7, 11) is 0. The van der Waals surface area contributed by atoms with Gasteiger partial charge in [-0.3, -0.25) is 9.69 Å². The van der Waals surface area contributed by atoms with Gasteiger partial charge in [0.05, 0.1) is 15.6 Å². The molecule has 0 bridgehead atoms. The molecule has 0 atom stereocenters. The molecule has 1 aromatic carbocycles. The van der Waals surface area contributed by atoms with Gasteiger partial charge in [-0.1, -0.05) is 29.3 Å². The van der Waals surface area contributed by atoms with Crippen molar-refractivity contribution in [2.24, 2.45) is 0 Å². The van der Waals surface area contributed by atoms with Crippen molar-refractivity contribution in [1.29, 1.82) is 0 Å². The Balaban J connectivity index is 1.99. The Labute approximate surface area is 124 Å². The molecule has 0 saturated carbocycles. The number of benzene rings is 1. The highest BCUT2D eigenvalue weighted by atomic mass is 35.5. The lowest BCUT2D eigenvalue weighted by Crippen LogP contribution is -2.37. The van der Waals surface area contributed by atoms with Crippen LogP contribution in [0, 0.1) is 0 Å². The van der Waals surface area contributed by atoms with Crippen molar-refractivity contribution in [1.82, 2.24) is 10.2 Å². The summed E-state index contributed by atoms with van der Waals surface area (Å²) in [6.45, 7) is 0.0880. The van der Waals surface area contributed by atoms with Crippen LogP contribution >= 0.6 is 23.2 Å². The van der Waals surface area contributed by atoms with Gasteiger partial charge in [-0.05, 0) is 12.1 Å². The minimum Gasteiger partial charge on any atom is -0.452 e. The predicted molar refractivity (Wildman–Crippen MR) is 71.9 cm³/mol. The summed E-state index contributed by atoms with van der Waals surface area (Å²) in [5.41, 5.74) is -0.00509. The molecular weight excluding hydrogens is 307 g/mol. The molecule has 1 fully saturated rings. The van der Waals surface area contributed by atoms with E-state index in [1.54, 1.807) is 6.07 Å². The van der Waals surface area contributed by atoms with Crippen LogP contribution in [0.1, 0.15) is 10.4 Å². The molecule has 20 heavy (non-hydrogen) atoms. The molecule has 1 heterocycles. The number of carbonyl (C=O) groups is 3. The fourth-order valence-corrected chi connectivity index (χ4v) is 2.23. The summed E-state index contributed by atoms with van der Waals surface area (Å²) in [5.74, 6) is -1.41.